The molecule has 0 aliphatic heterocycles. The van der Waals surface area contributed by atoms with Gasteiger partial charge in [-0.1, -0.05) is 19.6 Å². The molecule has 1 aromatic carbocycles. The highest BCUT2D eigenvalue weighted by Crippen LogP contribution is 2.19. The lowest BCUT2D eigenvalue weighted by Crippen LogP contribution is -2.26. The average Bonchev–Trinajstić information content (AvgIpc) is 2.95. The van der Waals surface area contributed by atoms with E-state index in [0.717, 1.165) is 38.4 Å². The molecule has 2 heterocycles. The van der Waals surface area contributed by atoms with Crippen molar-refractivity contribution in [3.63, 3.8) is 0 Å². The summed E-state index contributed by atoms with van der Waals surface area (Å²) >= 11 is 0. The zero-order valence-corrected chi connectivity index (χ0v) is 14.3. The second-order valence-corrected chi connectivity index (χ2v) is 5.85. The summed E-state index contributed by atoms with van der Waals surface area (Å²) in [5, 5.41) is 2.95. The molecule has 2 aromatic heterocycles. The molecule has 0 atom stereocenters. The normalized spacial score (nSPS) is 12.3. The first-order valence-corrected chi connectivity index (χ1v) is 8.02. The summed E-state index contributed by atoms with van der Waals surface area (Å²) in [6, 6.07) is 11.9. The van der Waals surface area contributed by atoms with Crippen LogP contribution in [0.15, 0.2) is 42.6 Å². The molecule has 0 aliphatic carbocycles. The number of carbonyl (C=O) groups excluding carboxylic acids is 1. The lowest BCUT2D eigenvalue weighted by atomic mass is 10.1. The van der Waals surface area contributed by atoms with Crippen molar-refractivity contribution in [3.05, 3.63) is 58.9 Å². The number of hydrogen-bond donors (Lipinski definition) is 1. The van der Waals surface area contributed by atoms with Crippen molar-refractivity contribution in [1.82, 2.24) is 9.97 Å². The molecule has 0 fully saturated rings. The maximum Gasteiger partial charge on any atom is 0.226 e. The lowest BCUT2D eigenvalue weighted by molar-refractivity contribution is -0.118. The number of aromatic amines is 1. The number of nitrogens with zero attached hydrogens (tertiary/aromatic N) is 2. The summed E-state index contributed by atoms with van der Waals surface area (Å²) in [5.74, 6) is 0.0895. The first-order chi connectivity index (χ1) is 11.5. The highest BCUT2D eigenvalue weighted by Gasteiger charge is 2.11. The van der Waals surface area contributed by atoms with Crippen LogP contribution in [0.5, 0.6) is 0 Å². The Morgan fingerprint density at radius 1 is 1.29 bits per heavy atom. The molecule has 24 heavy (non-hydrogen) atoms. The molecule has 0 saturated carbocycles. The van der Waals surface area contributed by atoms with Crippen molar-refractivity contribution < 1.29 is 4.79 Å². The maximum absolute atomic E-state index is 12.0. The predicted molar refractivity (Wildman–Crippen MR) is 99.2 cm³/mol. The standard InChI is InChI=1S/C20H21N3O/c1-5-19(24)23(4)15-9-10-18-16(12-15)20(14(3)22-18)13(2)17-8-6-7-11-21-17/h6-12,22H,3,5H2,1-2,4H3/b20-13-. The molecule has 3 aromatic rings. The van der Waals surface area contributed by atoms with Crippen LogP contribution in [0, 0.1) is 0 Å². The van der Waals surface area contributed by atoms with Gasteiger partial charge in [-0.2, -0.15) is 0 Å². The third-order valence-corrected chi connectivity index (χ3v) is 4.35. The summed E-state index contributed by atoms with van der Waals surface area (Å²) in [7, 11) is 1.81. The van der Waals surface area contributed by atoms with Gasteiger partial charge in [0.2, 0.25) is 5.91 Å². The molecule has 4 nitrogen and oxygen atoms in total. The van der Waals surface area contributed by atoms with Gasteiger partial charge in [-0.3, -0.25) is 9.78 Å². The Bertz CT molecular complexity index is 1000. The highest BCUT2D eigenvalue weighted by atomic mass is 16.2. The predicted octanol–water partition coefficient (Wildman–Crippen LogP) is 2.56. The molecule has 122 valence electrons. The second kappa shape index (κ2) is 6.32. The Morgan fingerprint density at radius 2 is 2.08 bits per heavy atom. The van der Waals surface area contributed by atoms with Gasteiger partial charge in [0.05, 0.1) is 5.69 Å². The molecule has 3 rings (SSSR count). The summed E-state index contributed by atoms with van der Waals surface area (Å²) < 4.78 is 0. The summed E-state index contributed by atoms with van der Waals surface area (Å²) in [6.07, 6.45) is 2.27. The van der Waals surface area contributed by atoms with E-state index in [0.29, 0.717) is 6.42 Å². The fraction of sp³-hybridized carbons (Fsp3) is 0.200. The smallest absolute Gasteiger partial charge is 0.226 e. The molecule has 0 unspecified atom stereocenters. The second-order valence-electron chi connectivity index (χ2n) is 5.85. The van der Waals surface area contributed by atoms with Crippen molar-refractivity contribution in [1.29, 1.82) is 0 Å². The van der Waals surface area contributed by atoms with Crippen molar-refractivity contribution in [2.24, 2.45) is 0 Å². The van der Waals surface area contributed by atoms with Crippen LogP contribution in [0.3, 0.4) is 0 Å². The van der Waals surface area contributed by atoms with Gasteiger partial charge in [-0.05, 0) is 42.8 Å². The van der Waals surface area contributed by atoms with E-state index >= 15 is 0 Å². The first kappa shape index (κ1) is 16.0. The van der Waals surface area contributed by atoms with Crippen LogP contribution in [0.2, 0.25) is 0 Å². The topological polar surface area (TPSA) is 49.0 Å². The summed E-state index contributed by atoms with van der Waals surface area (Å²) in [5.41, 5.74) is 3.87. The van der Waals surface area contributed by atoms with E-state index in [-0.39, 0.29) is 5.91 Å². The van der Waals surface area contributed by atoms with Gasteiger partial charge in [-0.25, -0.2) is 0 Å². The molecule has 0 radical (unpaired) electrons. The monoisotopic (exact) mass is 319 g/mol. The van der Waals surface area contributed by atoms with Crippen molar-refractivity contribution in [2.45, 2.75) is 20.3 Å². The quantitative estimate of drug-likeness (QED) is 0.806. The van der Waals surface area contributed by atoms with Crippen LogP contribution < -0.4 is 15.5 Å². The minimum atomic E-state index is 0.0895. The number of nitrogens with one attached hydrogen (secondary N) is 1. The lowest BCUT2D eigenvalue weighted by Gasteiger charge is -2.16. The molecule has 0 aliphatic rings. The van der Waals surface area contributed by atoms with E-state index in [9.17, 15) is 4.79 Å². The zero-order valence-electron chi connectivity index (χ0n) is 14.3. The third kappa shape index (κ3) is 2.71. The van der Waals surface area contributed by atoms with Crippen molar-refractivity contribution in [3.8, 4) is 0 Å². The van der Waals surface area contributed by atoms with Crippen LogP contribution in [0.1, 0.15) is 26.0 Å². The third-order valence-electron chi connectivity index (χ3n) is 4.35. The Kier molecular flexibility index (Phi) is 4.21. The van der Waals surface area contributed by atoms with E-state index in [1.807, 2.05) is 50.2 Å². The van der Waals surface area contributed by atoms with Crippen LogP contribution in [0.25, 0.3) is 23.1 Å². The van der Waals surface area contributed by atoms with E-state index < -0.39 is 0 Å². The molecular formula is C20H21N3O. The number of rotatable bonds is 3. The molecule has 1 N–H and O–H groups in total. The Morgan fingerprint density at radius 3 is 2.75 bits per heavy atom. The number of aromatic nitrogens is 2. The minimum absolute atomic E-state index is 0.0895. The number of anilines is 1. The number of amides is 1. The van der Waals surface area contributed by atoms with Crippen molar-refractivity contribution >= 4 is 34.6 Å². The van der Waals surface area contributed by atoms with Gasteiger partial charge in [0.1, 0.15) is 0 Å². The Hall–Kier alpha value is -2.88. The Labute approximate surface area is 141 Å². The highest BCUT2D eigenvalue weighted by molar-refractivity contribution is 5.96. The summed E-state index contributed by atoms with van der Waals surface area (Å²) in [4.78, 5) is 21.4. The number of carbonyl (C=O) groups is 1. The molecule has 1 amide bonds. The molecule has 0 spiro atoms. The Balaban J connectivity index is 2.27. The number of fused-ring (bicyclic) bond motifs is 1. The van der Waals surface area contributed by atoms with E-state index in [1.165, 1.54) is 0 Å². The number of hydrogen-bond acceptors (Lipinski definition) is 2. The van der Waals surface area contributed by atoms with Crippen LogP contribution >= 0.6 is 0 Å². The molecule has 0 saturated heterocycles. The van der Waals surface area contributed by atoms with Gasteiger partial charge in [0, 0.05) is 46.8 Å². The largest absolute Gasteiger partial charge is 0.355 e. The van der Waals surface area contributed by atoms with Gasteiger partial charge in [-0.15, -0.1) is 0 Å². The fourth-order valence-electron chi connectivity index (χ4n) is 2.97. The SMILES string of the molecule is C=c1[nH]c2ccc(N(C)C(=O)CC)cc2/c1=C(/C)c1ccccn1. The van der Waals surface area contributed by atoms with Crippen LogP contribution in [0.4, 0.5) is 5.69 Å². The number of benzene rings is 1. The fourth-order valence-corrected chi connectivity index (χ4v) is 2.97. The van der Waals surface area contributed by atoms with Gasteiger partial charge < -0.3 is 9.88 Å². The van der Waals surface area contributed by atoms with Crippen molar-refractivity contribution in [2.75, 3.05) is 11.9 Å². The minimum Gasteiger partial charge on any atom is -0.355 e. The van der Waals surface area contributed by atoms with Gasteiger partial charge >= 0.3 is 0 Å². The molecule has 4 heteroatoms. The average molecular weight is 319 g/mol. The number of H-pyrrole nitrogens is 1. The van der Waals surface area contributed by atoms with Gasteiger partial charge in [0.25, 0.3) is 0 Å². The first-order valence-electron chi connectivity index (χ1n) is 8.02. The molecular weight excluding hydrogens is 298 g/mol. The van der Waals surface area contributed by atoms with Crippen LogP contribution in [-0.4, -0.2) is 22.9 Å². The van der Waals surface area contributed by atoms with E-state index in [4.69, 9.17) is 0 Å². The summed E-state index contributed by atoms with van der Waals surface area (Å²) in [6.45, 7) is 8.06. The van der Waals surface area contributed by atoms with E-state index in [2.05, 4.69) is 16.5 Å². The molecule has 0 bridgehead atoms. The zero-order chi connectivity index (χ0) is 17.3. The maximum atomic E-state index is 12.0. The number of pyridine rings is 1. The van der Waals surface area contributed by atoms with Crippen LogP contribution in [-0.2, 0) is 4.79 Å². The van der Waals surface area contributed by atoms with E-state index in [1.54, 1.807) is 18.1 Å². The van der Waals surface area contributed by atoms with Gasteiger partial charge in [0.15, 0.2) is 0 Å².